The number of carbonyl (C=O) groups is 2. The van der Waals surface area contributed by atoms with E-state index in [0.717, 1.165) is 5.56 Å². The van der Waals surface area contributed by atoms with Crippen LogP contribution in [-0.2, 0) is 23.1 Å². The molecule has 2 fully saturated rings. The summed E-state index contributed by atoms with van der Waals surface area (Å²) in [5, 5.41) is 8.79. The first-order valence-electron chi connectivity index (χ1n) is 10.4. The van der Waals surface area contributed by atoms with Gasteiger partial charge in [0.1, 0.15) is 5.69 Å². The Kier molecular flexibility index (Phi) is 5.72. The van der Waals surface area contributed by atoms with Crippen LogP contribution in [0.2, 0.25) is 0 Å². The van der Waals surface area contributed by atoms with Crippen LogP contribution in [0.3, 0.4) is 0 Å². The number of amides is 2. The average molecular weight is 412 g/mol. The first kappa shape index (κ1) is 20.3. The molecule has 9 heteroatoms. The Morgan fingerprint density at radius 1 is 1.33 bits per heavy atom. The summed E-state index contributed by atoms with van der Waals surface area (Å²) in [6, 6.07) is -0.108. The van der Waals surface area contributed by atoms with Gasteiger partial charge in [-0.1, -0.05) is 6.08 Å². The quantitative estimate of drug-likeness (QED) is 0.668. The summed E-state index contributed by atoms with van der Waals surface area (Å²) >= 11 is 0. The Labute approximate surface area is 175 Å². The van der Waals surface area contributed by atoms with E-state index in [2.05, 4.69) is 16.8 Å². The summed E-state index contributed by atoms with van der Waals surface area (Å²) in [5.74, 6) is 0.00222. The second kappa shape index (κ2) is 8.43. The van der Waals surface area contributed by atoms with Gasteiger partial charge in [-0.3, -0.25) is 19.0 Å². The van der Waals surface area contributed by atoms with Gasteiger partial charge in [0.05, 0.1) is 30.5 Å². The number of likely N-dealkylation sites (tertiary alicyclic amines) is 1. The third kappa shape index (κ3) is 3.77. The molecule has 0 N–H and O–H groups in total. The van der Waals surface area contributed by atoms with Crippen LogP contribution in [0.25, 0.3) is 11.3 Å². The van der Waals surface area contributed by atoms with E-state index in [4.69, 9.17) is 4.74 Å². The first-order chi connectivity index (χ1) is 14.5. The minimum Gasteiger partial charge on any atom is -0.372 e. The number of ether oxygens (including phenoxy) is 1. The highest BCUT2D eigenvalue weighted by atomic mass is 16.5. The van der Waals surface area contributed by atoms with Crippen LogP contribution in [0.5, 0.6) is 0 Å². The molecular formula is C21H28N6O3. The zero-order valence-electron chi connectivity index (χ0n) is 17.5. The minimum absolute atomic E-state index is 0.0926. The number of allylic oxidation sites excluding steroid dienone is 1. The predicted molar refractivity (Wildman–Crippen MR) is 111 cm³/mol. The molecule has 4 heterocycles. The molecule has 9 nitrogen and oxygen atoms in total. The second-order valence-corrected chi connectivity index (χ2v) is 7.75. The lowest BCUT2D eigenvalue weighted by atomic mass is 10.1. The van der Waals surface area contributed by atoms with Crippen molar-refractivity contribution in [1.29, 1.82) is 0 Å². The zero-order valence-corrected chi connectivity index (χ0v) is 17.5. The van der Waals surface area contributed by atoms with E-state index >= 15 is 0 Å². The van der Waals surface area contributed by atoms with Crippen molar-refractivity contribution in [2.24, 2.45) is 7.05 Å². The van der Waals surface area contributed by atoms with Gasteiger partial charge < -0.3 is 14.5 Å². The topological polar surface area (TPSA) is 85.5 Å². The van der Waals surface area contributed by atoms with Crippen LogP contribution in [0.4, 0.5) is 0 Å². The van der Waals surface area contributed by atoms with Gasteiger partial charge in [0, 0.05) is 57.6 Å². The minimum atomic E-state index is -0.154. The summed E-state index contributed by atoms with van der Waals surface area (Å²) in [4.78, 5) is 29.7. The first-order valence-corrected chi connectivity index (χ1v) is 10.4. The van der Waals surface area contributed by atoms with Crippen LogP contribution >= 0.6 is 0 Å². The van der Waals surface area contributed by atoms with E-state index in [1.165, 1.54) is 0 Å². The van der Waals surface area contributed by atoms with E-state index < -0.39 is 0 Å². The Hall–Kier alpha value is -2.94. The molecule has 160 valence electrons. The molecular weight excluding hydrogens is 384 g/mol. The molecule has 0 unspecified atom stereocenters. The zero-order chi connectivity index (χ0) is 21.3. The molecule has 2 aromatic heterocycles. The van der Waals surface area contributed by atoms with Crippen molar-refractivity contribution < 1.29 is 14.3 Å². The van der Waals surface area contributed by atoms with Gasteiger partial charge in [-0.15, -0.1) is 6.58 Å². The highest BCUT2D eigenvalue weighted by Crippen LogP contribution is 2.28. The fourth-order valence-corrected chi connectivity index (χ4v) is 4.20. The Morgan fingerprint density at radius 2 is 2.17 bits per heavy atom. The van der Waals surface area contributed by atoms with E-state index in [9.17, 15) is 9.59 Å². The van der Waals surface area contributed by atoms with E-state index in [1.54, 1.807) is 32.7 Å². The molecule has 2 aliphatic heterocycles. The molecule has 30 heavy (non-hydrogen) atoms. The molecule has 2 saturated heterocycles. The molecule has 4 rings (SSSR count). The van der Waals surface area contributed by atoms with Gasteiger partial charge in [-0.2, -0.15) is 10.2 Å². The van der Waals surface area contributed by atoms with Crippen molar-refractivity contribution in [3.05, 3.63) is 36.8 Å². The highest BCUT2D eigenvalue weighted by Gasteiger charge is 2.44. The van der Waals surface area contributed by atoms with Gasteiger partial charge in [-0.05, 0) is 13.3 Å². The molecule has 2 atom stereocenters. The normalized spacial score (nSPS) is 21.0. The summed E-state index contributed by atoms with van der Waals surface area (Å²) < 4.78 is 9.36. The van der Waals surface area contributed by atoms with Gasteiger partial charge in [0.25, 0.3) is 5.91 Å². The molecule has 0 spiro atoms. The standard InChI is InChI=1S/C21H28N6O3/c1-4-6-7-19(28)27-8-9-30-18-14-25(13-17(18)27)21(29)16-12-26(5-2)23-20(16)15-10-22-24(3)11-15/h4,10-12,17-18H,1,5-9,13-14H2,2-3H3/t17-,18+/m1/s1. The smallest absolute Gasteiger partial charge is 0.257 e. The third-order valence-electron chi connectivity index (χ3n) is 5.77. The maximum absolute atomic E-state index is 13.4. The number of hydrogen-bond donors (Lipinski definition) is 0. The lowest BCUT2D eigenvalue weighted by molar-refractivity contribution is -0.142. The number of aromatic nitrogens is 4. The third-order valence-corrected chi connectivity index (χ3v) is 5.77. The van der Waals surface area contributed by atoms with Crippen molar-refractivity contribution in [2.75, 3.05) is 26.2 Å². The van der Waals surface area contributed by atoms with Crippen molar-refractivity contribution in [3.8, 4) is 11.3 Å². The SMILES string of the molecule is C=CCCC(=O)N1CCO[C@H]2CN(C(=O)c3cn(CC)nc3-c3cnn(C)c3)C[C@H]21. The van der Waals surface area contributed by atoms with Crippen molar-refractivity contribution in [2.45, 2.75) is 38.5 Å². The largest absolute Gasteiger partial charge is 0.372 e. The lowest BCUT2D eigenvalue weighted by Gasteiger charge is -2.36. The maximum atomic E-state index is 13.4. The molecule has 0 aromatic carbocycles. The summed E-state index contributed by atoms with van der Waals surface area (Å²) in [6.07, 6.45) is 8.05. The fraction of sp³-hybridized carbons (Fsp3) is 0.524. The number of aryl methyl sites for hydroxylation is 2. The van der Waals surface area contributed by atoms with Crippen molar-refractivity contribution in [3.63, 3.8) is 0 Å². The number of morpholine rings is 1. The monoisotopic (exact) mass is 412 g/mol. The van der Waals surface area contributed by atoms with Gasteiger partial charge in [0.15, 0.2) is 0 Å². The molecule has 0 saturated carbocycles. The Morgan fingerprint density at radius 3 is 2.87 bits per heavy atom. The number of fused-ring (bicyclic) bond motifs is 1. The summed E-state index contributed by atoms with van der Waals surface area (Å²) in [7, 11) is 1.84. The Bertz CT molecular complexity index is 948. The van der Waals surface area contributed by atoms with Gasteiger partial charge in [-0.25, -0.2) is 0 Å². The molecule has 0 radical (unpaired) electrons. The van der Waals surface area contributed by atoms with Crippen molar-refractivity contribution in [1.82, 2.24) is 29.4 Å². The van der Waals surface area contributed by atoms with Crippen molar-refractivity contribution >= 4 is 11.8 Å². The van der Waals surface area contributed by atoms with E-state index in [-0.39, 0.29) is 24.0 Å². The van der Waals surface area contributed by atoms with Crippen LogP contribution in [0, 0.1) is 0 Å². The highest BCUT2D eigenvalue weighted by molar-refractivity contribution is 6.00. The van der Waals surface area contributed by atoms with Gasteiger partial charge in [0.2, 0.25) is 5.91 Å². The lowest BCUT2D eigenvalue weighted by Crippen LogP contribution is -2.53. The van der Waals surface area contributed by atoms with E-state index in [1.807, 2.05) is 25.1 Å². The van der Waals surface area contributed by atoms with E-state index in [0.29, 0.717) is 56.9 Å². The molecule has 2 amide bonds. The molecule has 0 bridgehead atoms. The predicted octanol–water partition coefficient (Wildman–Crippen LogP) is 1.32. The Balaban J connectivity index is 1.56. The number of carbonyl (C=O) groups excluding carboxylic acids is 2. The number of hydrogen-bond acceptors (Lipinski definition) is 5. The van der Waals surface area contributed by atoms with Crippen LogP contribution in [0.1, 0.15) is 30.1 Å². The molecule has 2 aliphatic rings. The van der Waals surface area contributed by atoms with Crippen LogP contribution in [-0.4, -0.2) is 79.6 Å². The van der Waals surface area contributed by atoms with Crippen LogP contribution in [0.15, 0.2) is 31.2 Å². The number of rotatable bonds is 6. The fourth-order valence-electron chi connectivity index (χ4n) is 4.20. The second-order valence-electron chi connectivity index (χ2n) is 7.75. The molecule has 2 aromatic rings. The van der Waals surface area contributed by atoms with Gasteiger partial charge >= 0.3 is 0 Å². The number of nitrogens with zero attached hydrogens (tertiary/aromatic N) is 6. The summed E-state index contributed by atoms with van der Waals surface area (Å²) in [6.45, 7) is 8.34. The average Bonchev–Trinajstić information content (AvgIpc) is 3.48. The summed E-state index contributed by atoms with van der Waals surface area (Å²) in [5.41, 5.74) is 1.99. The molecule has 0 aliphatic carbocycles. The van der Waals surface area contributed by atoms with Crippen LogP contribution < -0.4 is 0 Å². The maximum Gasteiger partial charge on any atom is 0.257 e.